The third-order valence-corrected chi connectivity index (χ3v) is 8.64. The molecular weight excluding hydrogens is 568 g/mol. The van der Waals surface area contributed by atoms with Gasteiger partial charge in [0.05, 0.1) is 12.6 Å². The number of nitrogens with zero attached hydrogens (tertiary/aromatic N) is 2. The Bertz CT molecular complexity index is 1770. The minimum absolute atomic E-state index is 0.110. The molecule has 6 rings (SSSR count). The maximum absolute atomic E-state index is 13.9. The fraction of sp³-hybridized carbons (Fsp3) is 0.361. The summed E-state index contributed by atoms with van der Waals surface area (Å²) in [5.41, 5.74) is 4.66. The van der Waals surface area contributed by atoms with Crippen molar-refractivity contribution in [3.63, 3.8) is 0 Å². The first-order valence-electron chi connectivity index (χ1n) is 15.4. The number of aromatic nitrogens is 1. The van der Waals surface area contributed by atoms with Crippen molar-refractivity contribution in [3.8, 4) is 11.3 Å². The van der Waals surface area contributed by atoms with Crippen molar-refractivity contribution in [2.45, 2.75) is 51.7 Å². The Kier molecular flexibility index (Phi) is 7.81. The lowest BCUT2D eigenvalue weighted by molar-refractivity contribution is 0.0240. The number of carbonyl (C=O) groups is 3. The molecule has 3 aromatic carbocycles. The zero-order valence-electron chi connectivity index (χ0n) is 26.5. The molecule has 0 spiro atoms. The molecule has 1 aromatic heterocycles. The molecule has 1 saturated heterocycles. The predicted octanol–water partition coefficient (Wildman–Crippen LogP) is 6.41. The molecule has 2 amide bonds. The molecule has 9 heteroatoms. The summed E-state index contributed by atoms with van der Waals surface area (Å²) in [6, 6.07) is 22.0. The molecule has 1 aliphatic heterocycles. The van der Waals surface area contributed by atoms with E-state index < -0.39 is 17.1 Å². The van der Waals surface area contributed by atoms with Gasteiger partial charge >= 0.3 is 12.1 Å². The number of rotatable bonds is 6. The second-order valence-corrected chi connectivity index (χ2v) is 13.0. The third kappa shape index (κ3) is 6.25. The van der Waals surface area contributed by atoms with Crippen molar-refractivity contribution in [2.75, 3.05) is 38.2 Å². The number of amides is 2. The number of ether oxygens (including phenoxy) is 2. The Balaban J connectivity index is 1.23. The number of nitrogens with one attached hydrogen (secondary N) is 2. The Morgan fingerprint density at radius 3 is 2.33 bits per heavy atom. The Hall–Kier alpha value is -4.79. The van der Waals surface area contributed by atoms with Gasteiger partial charge in [-0.05, 0) is 104 Å². The summed E-state index contributed by atoms with van der Waals surface area (Å²) in [6.45, 7) is 9.99. The predicted molar refractivity (Wildman–Crippen MR) is 175 cm³/mol. The smallest absolute Gasteiger partial charge is 0.410 e. The van der Waals surface area contributed by atoms with Gasteiger partial charge in [-0.3, -0.25) is 4.79 Å². The number of benzene rings is 3. The van der Waals surface area contributed by atoms with E-state index in [2.05, 4.69) is 39.5 Å². The van der Waals surface area contributed by atoms with E-state index in [1.165, 1.54) is 7.11 Å². The molecule has 0 unspecified atom stereocenters. The van der Waals surface area contributed by atoms with Gasteiger partial charge in [-0.2, -0.15) is 0 Å². The summed E-state index contributed by atoms with van der Waals surface area (Å²) >= 11 is 0. The monoisotopic (exact) mass is 608 g/mol. The first kappa shape index (κ1) is 30.2. The standard InChI is InChI=1S/C36H40N4O5/c1-23-10-11-26(39-16-18-40(19-17-39)34(43)45-35(2,3)4)22-28(23)32(41)38-36(14-15-36)29-21-25(20-24-8-6-7-9-27(24)29)30-12-13-31(37-30)33(42)44-5/h6-13,20-22,37H,14-19H2,1-5H3,(H,38,41). The van der Waals surface area contributed by atoms with Crippen LogP contribution in [0.5, 0.6) is 0 Å². The van der Waals surface area contributed by atoms with Crippen LogP contribution in [-0.2, 0) is 15.0 Å². The van der Waals surface area contributed by atoms with Crippen LogP contribution in [0.2, 0.25) is 0 Å². The summed E-state index contributed by atoms with van der Waals surface area (Å²) in [4.78, 5) is 45.7. The normalized spacial score (nSPS) is 15.9. The Morgan fingerprint density at radius 2 is 1.64 bits per heavy atom. The second kappa shape index (κ2) is 11.6. The number of aryl methyl sites for hydroxylation is 1. The van der Waals surface area contributed by atoms with Crippen molar-refractivity contribution in [2.24, 2.45) is 0 Å². The van der Waals surface area contributed by atoms with Gasteiger partial charge in [0.2, 0.25) is 0 Å². The molecule has 1 saturated carbocycles. The molecule has 0 radical (unpaired) electrons. The van der Waals surface area contributed by atoms with E-state index in [9.17, 15) is 14.4 Å². The van der Waals surface area contributed by atoms with Crippen LogP contribution in [0.3, 0.4) is 0 Å². The average molecular weight is 609 g/mol. The number of hydrogen-bond acceptors (Lipinski definition) is 6. The Morgan fingerprint density at radius 1 is 0.911 bits per heavy atom. The number of fused-ring (bicyclic) bond motifs is 1. The summed E-state index contributed by atoms with van der Waals surface area (Å²) in [6.07, 6.45) is 1.36. The first-order valence-corrected chi connectivity index (χ1v) is 15.4. The van der Waals surface area contributed by atoms with Gasteiger partial charge in [0.25, 0.3) is 5.91 Å². The van der Waals surface area contributed by atoms with Crippen LogP contribution in [0.25, 0.3) is 22.0 Å². The van der Waals surface area contributed by atoms with E-state index in [1.807, 2.05) is 64.1 Å². The quantitative estimate of drug-likeness (QED) is 0.245. The minimum Gasteiger partial charge on any atom is -0.464 e. The summed E-state index contributed by atoms with van der Waals surface area (Å²) in [5, 5.41) is 5.56. The van der Waals surface area contributed by atoms with E-state index in [4.69, 9.17) is 9.47 Å². The molecule has 2 fully saturated rings. The molecular formula is C36H40N4O5. The number of H-pyrrole nitrogens is 1. The highest BCUT2D eigenvalue weighted by molar-refractivity contribution is 5.99. The highest BCUT2D eigenvalue weighted by Gasteiger charge is 2.47. The lowest BCUT2D eigenvalue weighted by Crippen LogP contribution is -2.50. The minimum atomic E-state index is -0.532. The van der Waals surface area contributed by atoms with Gasteiger partial charge in [-0.1, -0.05) is 30.3 Å². The van der Waals surface area contributed by atoms with E-state index in [1.54, 1.807) is 11.0 Å². The van der Waals surface area contributed by atoms with Gasteiger partial charge in [0.1, 0.15) is 11.3 Å². The van der Waals surface area contributed by atoms with Crippen LogP contribution in [0.1, 0.15) is 65.6 Å². The van der Waals surface area contributed by atoms with Crippen molar-refractivity contribution >= 4 is 34.4 Å². The fourth-order valence-corrected chi connectivity index (χ4v) is 6.05. The van der Waals surface area contributed by atoms with E-state index in [0.29, 0.717) is 37.4 Å². The number of aromatic amines is 1. The van der Waals surface area contributed by atoms with Crippen molar-refractivity contribution in [3.05, 3.63) is 89.1 Å². The largest absolute Gasteiger partial charge is 0.464 e. The molecule has 2 aliphatic rings. The second-order valence-electron chi connectivity index (χ2n) is 13.0. The van der Waals surface area contributed by atoms with Gasteiger partial charge in [-0.25, -0.2) is 9.59 Å². The number of anilines is 1. The van der Waals surface area contributed by atoms with E-state index >= 15 is 0 Å². The molecule has 2 heterocycles. The Labute approximate surface area is 263 Å². The number of carbonyl (C=O) groups excluding carboxylic acids is 3. The van der Waals surface area contributed by atoms with Crippen molar-refractivity contribution in [1.82, 2.24) is 15.2 Å². The first-order chi connectivity index (χ1) is 21.5. The van der Waals surface area contributed by atoms with Crippen molar-refractivity contribution in [1.29, 1.82) is 0 Å². The number of esters is 1. The molecule has 45 heavy (non-hydrogen) atoms. The zero-order chi connectivity index (χ0) is 31.9. The van der Waals surface area contributed by atoms with E-state index in [0.717, 1.165) is 51.7 Å². The maximum Gasteiger partial charge on any atom is 0.410 e. The molecule has 1 aliphatic carbocycles. The van der Waals surface area contributed by atoms with E-state index in [-0.39, 0.29) is 12.0 Å². The molecule has 4 aromatic rings. The van der Waals surface area contributed by atoms with Crippen LogP contribution < -0.4 is 10.2 Å². The van der Waals surface area contributed by atoms with Crippen LogP contribution in [-0.4, -0.2) is 66.7 Å². The lowest BCUT2D eigenvalue weighted by atomic mass is 9.93. The number of methoxy groups -OCH3 is 1. The van der Waals surface area contributed by atoms with Gasteiger partial charge in [-0.15, -0.1) is 0 Å². The zero-order valence-corrected chi connectivity index (χ0v) is 26.5. The van der Waals surface area contributed by atoms with Gasteiger partial charge < -0.3 is 29.6 Å². The molecule has 234 valence electrons. The van der Waals surface area contributed by atoms with Crippen LogP contribution in [0.4, 0.5) is 10.5 Å². The summed E-state index contributed by atoms with van der Waals surface area (Å²) in [5.74, 6) is -0.530. The highest BCUT2D eigenvalue weighted by Crippen LogP contribution is 2.49. The van der Waals surface area contributed by atoms with Crippen LogP contribution in [0, 0.1) is 6.92 Å². The summed E-state index contributed by atoms with van der Waals surface area (Å²) < 4.78 is 10.4. The highest BCUT2D eigenvalue weighted by atomic mass is 16.6. The van der Waals surface area contributed by atoms with Crippen LogP contribution in [0.15, 0.2) is 66.7 Å². The van der Waals surface area contributed by atoms with Gasteiger partial charge in [0, 0.05) is 43.1 Å². The van der Waals surface area contributed by atoms with Crippen LogP contribution >= 0.6 is 0 Å². The maximum atomic E-state index is 13.9. The average Bonchev–Trinajstić information content (AvgIpc) is 3.62. The molecule has 0 bridgehead atoms. The number of hydrogen-bond donors (Lipinski definition) is 2. The molecule has 2 N–H and O–H groups in total. The topological polar surface area (TPSA) is 104 Å². The number of piperazine rings is 1. The molecule has 0 atom stereocenters. The lowest BCUT2D eigenvalue weighted by Gasteiger charge is -2.37. The SMILES string of the molecule is COC(=O)c1ccc(-c2cc(C3(NC(=O)c4cc(N5CCN(C(=O)OC(C)(C)C)CC5)ccc4C)CC3)c3ccccc3c2)[nH]1. The fourth-order valence-electron chi connectivity index (χ4n) is 6.05. The van der Waals surface area contributed by atoms with Gasteiger partial charge in [0.15, 0.2) is 0 Å². The molecule has 9 nitrogen and oxygen atoms in total. The summed E-state index contributed by atoms with van der Waals surface area (Å²) in [7, 11) is 1.36. The van der Waals surface area contributed by atoms with Crippen molar-refractivity contribution < 1.29 is 23.9 Å². The third-order valence-electron chi connectivity index (χ3n) is 8.64.